The first-order chi connectivity index (χ1) is 6.94. The molecule has 0 radical (unpaired) electrons. The van der Waals surface area contributed by atoms with Crippen molar-refractivity contribution in [2.24, 2.45) is 0 Å². The minimum Gasteiger partial charge on any atom is -0.495 e. The van der Waals surface area contributed by atoms with Gasteiger partial charge in [0.05, 0.1) is 19.2 Å². The minimum absolute atomic E-state index is 0.0392. The van der Waals surface area contributed by atoms with Crippen molar-refractivity contribution in [3.63, 3.8) is 0 Å². The van der Waals surface area contributed by atoms with Crippen molar-refractivity contribution >= 4 is 33.3 Å². The molecular weight excluding hydrogens is 263 g/mol. The van der Waals surface area contributed by atoms with Crippen molar-refractivity contribution in [2.75, 3.05) is 14.2 Å². The number of hydrogen-bond acceptors (Lipinski definition) is 4. The molecule has 0 saturated heterocycles. The molecule has 0 aliphatic rings. The fraction of sp³-hybridized carbons (Fsp3) is 0.250. The smallest absolute Gasteiger partial charge is 0.298 e. The normalized spacial score (nSPS) is 11.5. The molecule has 0 aliphatic heterocycles. The maximum Gasteiger partial charge on any atom is 0.298 e. The van der Waals surface area contributed by atoms with E-state index in [1.807, 2.05) is 0 Å². The highest BCUT2D eigenvalue weighted by Gasteiger charge is 2.21. The van der Waals surface area contributed by atoms with Gasteiger partial charge >= 0.3 is 0 Å². The largest absolute Gasteiger partial charge is 0.495 e. The van der Waals surface area contributed by atoms with Crippen LogP contribution in [0.2, 0.25) is 10.0 Å². The summed E-state index contributed by atoms with van der Waals surface area (Å²) in [6.07, 6.45) is 0. The van der Waals surface area contributed by atoms with Crippen molar-refractivity contribution in [2.45, 2.75) is 4.90 Å². The van der Waals surface area contributed by atoms with E-state index in [4.69, 9.17) is 27.9 Å². The van der Waals surface area contributed by atoms with Gasteiger partial charge in [0.25, 0.3) is 10.1 Å². The summed E-state index contributed by atoms with van der Waals surface area (Å²) in [5.41, 5.74) is 0. The zero-order chi connectivity index (χ0) is 11.6. The Balaban J connectivity index is 3.43. The van der Waals surface area contributed by atoms with Crippen LogP contribution < -0.4 is 4.74 Å². The summed E-state index contributed by atoms with van der Waals surface area (Å²) in [4.78, 5) is -0.183. The van der Waals surface area contributed by atoms with Crippen molar-refractivity contribution in [1.29, 1.82) is 0 Å². The lowest BCUT2D eigenvalue weighted by Gasteiger charge is -2.08. The molecule has 4 nitrogen and oxygen atoms in total. The predicted molar refractivity (Wildman–Crippen MR) is 57.2 cm³/mol. The molecule has 0 spiro atoms. The van der Waals surface area contributed by atoms with Crippen LogP contribution in [-0.2, 0) is 14.3 Å². The highest BCUT2D eigenvalue weighted by atomic mass is 35.5. The van der Waals surface area contributed by atoms with Gasteiger partial charge in [-0.3, -0.25) is 4.18 Å². The summed E-state index contributed by atoms with van der Waals surface area (Å²) >= 11 is 11.6. The Bertz CT molecular complexity index is 470. The number of benzene rings is 1. The second kappa shape index (κ2) is 4.57. The molecule has 0 aromatic heterocycles. The SMILES string of the molecule is COc1ccc(S(=O)(=O)OC)c(Cl)c1Cl. The van der Waals surface area contributed by atoms with E-state index in [0.29, 0.717) is 5.75 Å². The highest BCUT2D eigenvalue weighted by Crippen LogP contribution is 2.36. The van der Waals surface area contributed by atoms with Gasteiger partial charge in [-0.05, 0) is 12.1 Å². The number of halogens is 2. The van der Waals surface area contributed by atoms with Gasteiger partial charge in [-0.15, -0.1) is 0 Å². The summed E-state index contributed by atoms with van der Waals surface area (Å²) in [5, 5.41) is -0.0739. The quantitative estimate of drug-likeness (QED) is 0.792. The summed E-state index contributed by atoms with van der Waals surface area (Å²) in [6, 6.07) is 2.67. The summed E-state index contributed by atoms with van der Waals surface area (Å²) in [7, 11) is -1.40. The van der Waals surface area contributed by atoms with E-state index in [-0.39, 0.29) is 14.9 Å². The Labute approximate surface area is 97.8 Å². The Morgan fingerprint density at radius 2 is 1.73 bits per heavy atom. The topological polar surface area (TPSA) is 52.6 Å². The molecule has 0 heterocycles. The third kappa shape index (κ3) is 2.36. The maximum absolute atomic E-state index is 11.4. The van der Waals surface area contributed by atoms with E-state index < -0.39 is 10.1 Å². The first-order valence-electron chi connectivity index (χ1n) is 3.76. The molecule has 0 aliphatic carbocycles. The molecule has 15 heavy (non-hydrogen) atoms. The highest BCUT2D eigenvalue weighted by molar-refractivity contribution is 7.86. The monoisotopic (exact) mass is 270 g/mol. The lowest BCUT2D eigenvalue weighted by Crippen LogP contribution is -2.04. The van der Waals surface area contributed by atoms with Gasteiger partial charge < -0.3 is 4.74 Å². The van der Waals surface area contributed by atoms with E-state index in [1.54, 1.807) is 0 Å². The lowest BCUT2D eigenvalue weighted by molar-refractivity contribution is 0.397. The van der Waals surface area contributed by atoms with Crippen LogP contribution in [0.5, 0.6) is 5.75 Å². The molecule has 1 aromatic rings. The lowest BCUT2D eigenvalue weighted by atomic mass is 10.3. The van der Waals surface area contributed by atoms with Crippen molar-refractivity contribution in [3.8, 4) is 5.75 Å². The Hall–Kier alpha value is -0.490. The third-order valence-electron chi connectivity index (χ3n) is 1.72. The molecule has 1 aromatic carbocycles. The number of hydrogen-bond donors (Lipinski definition) is 0. The zero-order valence-corrected chi connectivity index (χ0v) is 10.3. The van der Waals surface area contributed by atoms with Crippen LogP contribution in [0, 0.1) is 0 Å². The fourth-order valence-electron chi connectivity index (χ4n) is 0.955. The maximum atomic E-state index is 11.4. The summed E-state index contributed by atoms with van der Waals surface area (Å²) < 4.78 is 31.9. The second-order valence-electron chi connectivity index (χ2n) is 2.51. The Kier molecular flexibility index (Phi) is 3.83. The summed E-state index contributed by atoms with van der Waals surface area (Å²) in [6.45, 7) is 0. The standard InChI is InChI=1S/C8H8Cl2O4S/c1-13-5-3-4-6(8(10)7(5)9)15(11,12)14-2/h3-4H,1-2H3. The van der Waals surface area contributed by atoms with Gasteiger partial charge in [0.2, 0.25) is 0 Å². The molecule has 1 rings (SSSR count). The number of rotatable bonds is 3. The van der Waals surface area contributed by atoms with Gasteiger partial charge in [0.1, 0.15) is 15.7 Å². The summed E-state index contributed by atoms with van der Waals surface area (Å²) in [5.74, 6) is 0.303. The molecular formula is C8H8Cl2O4S. The van der Waals surface area contributed by atoms with Gasteiger partial charge in [-0.1, -0.05) is 23.2 Å². The molecule has 0 amide bonds. The van der Waals surface area contributed by atoms with Crippen LogP contribution >= 0.6 is 23.2 Å². The molecule has 7 heteroatoms. The predicted octanol–water partition coefficient (Wildman–Crippen LogP) is 2.34. The van der Waals surface area contributed by atoms with Crippen LogP contribution in [0.1, 0.15) is 0 Å². The van der Waals surface area contributed by atoms with Gasteiger partial charge in [0.15, 0.2) is 0 Å². The second-order valence-corrected chi connectivity index (χ2v) is 4.95. The van der Waals surface area contributed by atoms with Gasteiger partial charge in [0, 0.05) is 0 Å². The molecule has 0 N–H and O–H groups in total. The minimum atomic E-state index is -3.85. The number of methoxy groups -OCH3 is 1. The van der Waals surface area contributed by atoms with Gasteiger partial charge in [-0.2, -0.15) is 8.42 Å². The first kappa shape index (κ1) is 12.6. The average molecular weight is 271 g/mol. The third-order valence-corrected chi connectivity index (χ3v) is 4.01. The van der Waals surface area contributed by atoms with Crippen LogP contribution in [0.25, 0.3) is 0 Å². The van der Waals surface area contributed by atoms with Gasteiger partial charge in [-0.25, -0.2) is 0 Å². The van der Waals surface area contributed by atoms with E-state index >= 15 is 0 Å². The van der Waals surface area contributed by atoms with E-state index in [9.17, 15) is 8.42 Å². The Morgan fingerprint density at radius 1 is 1.13 bits per heavy atom. The van der Waals surface area contributed by atoms with Crippen LogP contribution in [0.4, 0.5) is 0 Å². The number of ether oxygens (including phenoxy) is 1. The molecule has 0 fully saturated rings. The first-order valence-corrected chi connectivity index (χ1v) is 5.93. The van der Waals surface area contributed by atoms with E-state index in [0.717, 1.165) is 7.11 Å². The van der Waals surface area contributed by atoms with Crippen LogP contribution in [-0.4, -0.2) is 22.6 Å². The van der Waals surface area contributed by atoms with E-state index in [2.05, 4.69) is 4.18 Å². The van der Waals surface area contributed by atoms with Crippen molar-refractivity contribution in [1.82, 2.24) is 0 Å². The Morgan fingerprint density at radius 3 is 2.20 bits per heavy atom. The molecule has 0 atom stereocenters. The van der Waals surface area contributed by atoms with Crippen molar-refractivity contribution in [3.05, 3.63) is 22.2 Å². The molecule has 0 bridgehead atoms. The van der Waals surface area contributed by atoms with Crippen LogP contribution in [0.15, 0.2) is 17.0 Å². The van der Waals surface area contributed by atoms with Crippen LogP contribution in [0.3, 0.4) is 0 Å². The van der Waals surface area contributed by atoms with E-state index in [1.165, 1.54) is 19.2 Å². The molecule has 84 valence electrons. The van der Waals surface area contributed by atoms with Crippen molar-refractivity contribution < 1.29 is 17.3 Å². The zero-order valence-electron chi connectivity index (χ0n) is 7.95. The fourth-order valence-corrected chi connectivity index (χ4v) is 2.43. The average Bonchev–Trinajstić information content (AvgIpc) is 2.21. The molecule has 0 unspecified atom stereocenters. The molecule has 0 saturated carbocycles.